The molecule has 0 aliphatic rings. The van der Waals surface area contributed by atoms with Gasteiger partial charge in [0, 0.05) is 18.8 Å². The van der Waals surface area contributed by atoms with Crippen molar-refractivity contribution in [2.75, 3.05) is 26.4 Å². The molecule has 0 radical (unpaired) electrons. The van der Waals surface area contributed by atoms with E-state index in [0.717, 1.165) is 43.8 Å². The van der Waals surface area contributed by atoms with Crippen LogP contribution in [0.4, 0.5) is 0 Å². The molecular formula is C30H46N2O3. The van der Waals surface area contributed by atoms with E-state index < -0.39 is 0 Å². The zero-order valence-electron chi connectivity index (χ0n) is 22.1. The summed E-state index contributed by atoms with van der Waals surface area (Å²) >= 11 is 0. The van der Waals surface area contributed by atoms with Gasteiger partial charge in [-0.25, -0.2) is 9.97 Å². The summed E-state index contributed by atoms with van der Waals surface area (Å²) in [6.07, 6.45) is 22.5. The van der Waals surface area contributed by atoms with Crippen LogP contribution in [0.25, 0.3) is 11.4 Å². The van der Waals surface area contributed by atoms with E-state index in [9.17, 15) is 0 Å². The van der Waals surface area contributed by atoms with Crippen molar-refractivity contribution in [2.24, 2.45) is 0 Å². The van der Waals surface area contributed by atoms with E-state index in [-0.39, 0.29) is 0 Å². The van der Waals surface area contributed by atoms with Crippen molar-refractivity contribution >= 4 is 0 Å². The Morgan fingerprint density at radius 2 is 1.26 bits per heavy atom. The Morgan fingerprint density at radius 1 is 0.629 bits per heavy atom. The number of ether oxygens (including phenoxy) is 3. The lowest BCUT2D eigenvalue weighted by atomic mass is 10.1. The summed E-state index contributed by atoms with van der Waals surface area (Å²) < 4.78 is 17.2. The van der Waals surface area contributed by atoms with Crippen LogP contribution in [0.15, 0.2) is 48.8 Å². The molecule has 0 amide bonds. The minimum atomic E-state index is 0.599. The van der Waals surface area contributed by atoms with Gasteiger partial charge in [0.2, 0.25) is 0 Å². The third-order valence-electron chi connectivity index (χ3n) is 5.82. The molecule has 0 spiro atoms. The van der Waals surface area contributed by atoms with Crippen molar-refractivity contribution in [1.82, 2.24) is 9.97 Å². The maximum Gasteiger partial charge on any atom is 0.159 e. The van der Waals surface area contributed by atoms with Crippen molar-refractivity contribution in [2.45, 2.75) is 90.9 Å². The van der Waals surface area contributed by atoms with Gasteiger partial charge in [0.25, 0.3) is 0 Å². The van der Waals surface area contributed by atoms with Crippen molar-refractivity contribution in [3.8, 4) is 22.9 Å². The van der Waals surface area contributed by atoms with Crippen LogP contribution in [0.5, 0.6) is 11.5 Å². The molecule has 0 fully saturated rings. The van der Waals surface area contributed by atoms with Gasteiger partial charge >= 0.3 is 0 Å². The molecule has 2 aromatic rings. The first-order chi connectivity index (χ1) is 17.3. The molecule has 0 atom stereocenters. The molecule has 0 aliphatic carbocycles. The zero-order chi connectivity index (χ0) is 24.8. The summed E-state index contributed by atoms with van der Waals surface area (Å²) in [6.45, 7) is 7.41. The van der Waals surface area contributed by atoms with Gasteiger partial charge in [0.1, 0.15) is 12.4 Å². The Balaban J connectivity index is 1.58. The molecule has 0 aliphatic heterocycles. The Bertz CT molecular complexity index is 775. The van der Waals surface area contributed by atoms with Gasteiger partial charge in [-0.2, -0.15) is 0 Å². The van der Waals surface area contributed by atoms with Gasteiger partial charge in [-0.3, -0.25) is 0 Å². The third kappa shape index (κ3) is 13.9. The summed E-state index contributed by atoms with van der Waals surface area (Å²) in [5.41, 5.74) is 0.961. The van der Waals surface area contributed by atoms with Crippen LogP contribution in [0.2, 0.25) is 0 Å². The monoisotopic (exact) mass is 482 g/mol. The molecule has 1 aromatic carbocycles. The number of hydrogen-bond acceptors (Lipinski definition) is 5. The van der Waals surface area contributed by atoms with Crippen LogP contribution in [-0.2, 0) is 4.74 Å². The molecule has 1 heterocycles. The molecule has 0 N–H and O–H groups in total. The van der Waals surface area contributed by atoms with Crippen molar-refractivity contribution in [1.29, 1.82) is 0 Å². The Labute approximate surface area is 213 Å². The first-order valence-corrected chi connectivity index (χ1v) is 13.7. The summed E-state index contributed by atoms with van der Waals surface area (Å²) in [6, 6.07) is 7.91. The Hall–Kier alpha value is -2.40. The predicted octanol–water partition coefficient (Wildman–Crippen LogP) is 8.20. The third-order valence-corrected chi connectivity index (χ3v) is 5.82. The summed E-state index contributed by atoms with van der Waals surface area (Å²) in [5, 5.41) is 0. The fourth-order valence-electron chi connectivity index (χ4n) is 3.67. The van der Waals surface area contributed by atoms with Crippen molar-refractivity contribution in [3.63, 3.8) is 0 Å². The van der Waals surface area contributed by atoms with Gasteiger partial charge in [0.05, 0.1) is 19.0 Å². The average molecular weight is 483 g/mol. The largest absolute Gasteiger partial charge is 0.490 e. The van der Waals surface area contributed by atoms with E-state index in [1.54, 1.807) is 12.4 Å². The molecule has 0 saturated carbocycles. The zero-order valence-corrected chi connectivity index (χ0v) is 22.1. The van der Waals surface area contributed by atoms with Crippen LogP contribution >= 0.6 is 0 Å². The number of aromatic nitrogens is 2. The highest BCUT2D eigenvalue weighted by Gasteiger charge is 2.03. The first-order valence-electron chi connectivity index (χ1n) is 13.7. The van der Waals surface area contributed by atoms with Crippen LogP contribution in [0, 0.1) is 0 Å². The molecule has 1 aromatic heterocycles. The van der Waals surface area contributed by atoms with Gasteiger partial charge in [0.15, 0.2) is 11.6 Å². The van der Waals surface area contributed by atoms with E-state index in [4.69, 9.17) is 14.2 Å². The molecule has 194 valence electrons. The maximum absolute atomic E-state index is 5.81. The van der Waals surface area contributed by atoms with Crippen molar-refractivity contribution in [3.05, 3.63) is 48.8 Å². The van der Waals surface area contributed by atoms with E-state index >= 15 is 0 Å². The summed E-state index contributed by atoms with van der Waals surface area (Å²) in [5.74, 6) is 2.24. The van der Waals surface area contributed by atoms with Crippen LogP contribution < -0.4 is 9.47 Å². The van der Waals surface area contributed by atoms with E-state index in [2.05, 4.69) is 36.0 Å². The van der Waals surface area contributed by atoms with Gasteiger partial charge < -0.3 is 14.2 Å². The molecule has 5 nitrogen and oxygen atoms in total. The molecule has 0 saturated heterocycles. The highest BCUT2D eigenvalue weighted by Crippen LogP contribution is 2.20. The Morgan fingerprint density at radius 3 is 1.97 bits per heavy atom. The molecule has 35 heavy (non-hydrogen) atoms. The van der Waals surface area contributed by atoms with Gasteiger partial charge in [-0.15, -0.1) is 0 Å². The van der Waals surface area contributed by atoms with E-state index in [0.29, 0.717) is 24.8 Å². The topological polar surface area (TPSA) is 53.5 Å². The second kappa shape index (κ2) is 19.9. The number of benzene rings is 1. The standard InChI is InChI=1S/C30H46N2O3/c1-3-5-7-9-10-11-12-14-23-34-28-19-17-27(18-20-28)30-31-25-29(26-32-30)35-24-16-15-22-33-21-13-8-6-4-2/h12,14,17-20,25-26H,3-11,13,15-16,21-24H2,1-2H3. The number of unbranched alkanes of at least 4 members (excludes halogenated alkanes) is 9. The number of allylic oxidation sites excluding steroid dienone is 1. The summed E-state index contributed by atoms with van der Waals surface area (Å²) in [4.78, 5) is 8.90. The van der Waals surface area contributed by atoms with E-state index in [1.165, 1.54) is 57.8 Å². The second-order valence-electron chi connectivity index (χ2n) is 8.98. The number of hydrogen-bond donors (Lipinski definition) is 0. The SMILES string of the molecule is CCCCCCCC=CCOc1ccc(-c2ncc(OCCCCOCCCCCC)cn2)cc1. The van der Waals surface area contributed by atoms with Crippen LogP contribution in [0.3, 0.4) is 0 Å². The lowest BCUT2D eigenvalue weighted by molar-refractivity contribution is 0.122. The van der Waals surface area contributed by atoms with Crippen LogP contribution in [-0.4, -0.2) is 36.4 Å². The van der Waals surface area contributed by atoms with Crippen molar-refractivity contribution < 1.29 is 14.2 Å². The second-order valence-corrected chi connectivity index (χ2v) is 8.98. The maximum atomic E-state index is 5.81. The predicted molar refractivity (Wildman–Crippen MR) is 145 cm³/mol. The quantitative estimate of drug-likeness (QED) is 0.133. The molecule has 2 rings (SSSR count). The molecule has 5 heteroatoms. The minimum absolute atomic E-state index is 0.599. The summed E-state index contributed by atoms with van der Waals surface area (Å²) in [7, 11) is 0. The fourth-order valence-corrected chi connectivity index (χ4v) is 3.67. The first kappa shape index (κ1) is 28.8. The normalized spacial score (nSPS) is 11.3. The van der Waals surface area contributed by atoms with Gasteiger partial charge in [-0.05, 0) is 56.4 Å². The molecular weight excluding hydrogens is 436 g/mol. The minimum Gasteiger partial charge on any atom is -0.490 e. The smallest absolute Gasteiger partial charge is 0.159 e. The molecule has 0 unspecified atom stereocenters. The Kier molecular flexibility index (Phi) is 16.4. The highest BCUT2D eigenvalue weighted by atomic mass is 16.5. The van der Waals surface area contributed by atoms with Gasteiger partial charge in [-0.1, -0.05) is 70.9 Å². The van der Waals surface area contributed by atoms with Crippen LogP contribution in [0.1, 0.15) is 90.9 Å². The number of rotatable bonds is 21. The average Bonchev–Trinajstić information content (AvgIpc) is 2.89. The van der Waals surface area contributed by atoms with E-state index in [1.807, 2.05) is 24.3 Å². The lowest BCUT2D eigenvalue weighted by Gasteiger charge is -2.08. The highest BCUT2D eigenvalue weighted by molar-refractivity contribution is 5.56. The fraction of sp³-hybridized carbons (Fsp3) is 0.600. The lowest BCUT2D eigenvalue weighted by Crippen LogP contribution is -2.02. The number of nitrogens with zero attached hydrogens (tertiary/aromatic N) is 2. The molecule has 0 bridgehead atoms.